The summed E-state index contributed by atoms with van der Waals surface area (Å²) in [5.41, 5.74) is 1.10. The smallest absolute Gasteiger partial charge is 0.407 e. The van der Waals surface area contributed by atoms with Gasteiger partial charge in [-0.05, 0) is 55.5 Å². The molecule has 2 aromatic carbocycles. The summed E-state index contributed by atoms with van der Waals surface area (Å²) in [6.45, 7) is 3.52. The van der Waals surface area contributed by atoms with Gasteiger partial charge in [-0.2, -0.15) is 0 Å². The summed E-state index contributed by atoms with van der Waals surface area (Å²) in [6.07, 6.45) is 1.63. The first-order chi connectivity index (χ1) is 25.1. The van der Waals surface area contributed by atoms with Crippen LogP contribution in [-0.2, 0) is 25.6 Å². The van der Waals surface area contributed by atoms with Gasteiger partial charge in [0, 0.05) is 76.2 Å². The predicted molar refractivity (Wildman–Crippen MR) is 184 cm³/mol. The Bertz CT molecular complexity index is 1750. The van der Waals surface area contributed by atoms with Crippen LogP contribution in [0.1, 0.15) is 37.2 Å². The highest BCUT2D eigenvalue weighted by Gasteiger charge is 2.42. The number of hydrogen-bond acceptors (Lipinski definition) is 9. The number of benzene rings is 2. The number of nitrogens with one attached hydrogen (secondary N) is 2. The fourth-order valence-corrected chi connectivity index (χ4v) is 7.09. The highest BCUT2D eigenvalue weighted by molar-refractivity contribution is 5.90. The van der Waals surface area contributed by atoms with Crippen LogP contribution in [0.15, 0.2) is 66.9 Å². The molecule has 278 valence electrons. The summed E-state index contributed by atoms with van der Waals surface area (Å²) in [6, 6.07) is 12.0. The second-order valence-corrected chi connectivity index (χ2v) is 13.4. The molecule has 3 aliphatic heterocycles. The monoisotopic (exact) mass is 722 g/mol. The Morgan fingerprint density at radius 3 is 2.63 bits per heavy atom. The average Bonchev–Trinajstić information content (AvgIpc) is 3.84. The lowest BCUT2D eigenvalue weighted by Crippen LogP contribution is -2.49. The standard InChI is InChI=1S/C37H44F2N6O7/c1-23(46)36(49)45(21-26-18-40-19-31(26)52-37(50)41-13-14-44-32(47)9-10-33(44)48)34(25-11-15-51-16-12-25)35-42-30(28-17-27(38)7-8-29(28)39)22-43(35)20-24-5-3-2-4-6-24/h2-10,17,22-23,25-26,31-32,34,40,46-47H,11-16,18-21H2,1H3,(H,41,50)/t23-,26-,31+,32?,34+/m0/s1. The first kappa shape index (κ1) is 37.1. The van der Waals surface area contributed by atoms with Crippen molar-refractivity contribution in [3.05, 3.63) is 89.9 Å². The minimum Gasteiger partial charge on any atom is -0.444 e. The third-order valence-electron chi connectivity index (χ3n) is 9.76. The van der Waals surface area contributed by atoms with Crippen molar-refractivity contribution in [1.29, 1.82) is 0 Å². The van der Waals surface area contributed by atoms with Crippen LogP contribution in [-0.4, -0.2) is 112 Å². The lowest BCUT2D eigenvalue weighted by Gasteiger charge is -2.40. The number of hydrogen-bond donors (Lipinski definition) is 4. The number of carbonyl (C=O) groups excluding carboxylic acids is 3. The molecule has 3 aromatic rings. The highest BCUT2D eigenvalue weighted by atomic mass is 19.1. The molecule has 4 heterocycles. The van der Waals surface area contributed by atoms with E-state index >= 15 is 4.39 Å². The second-order valence-electron chi connectivity index (χ2n) is 13.4. The zero-order chi connectivity index (χ0) is 36.8. The van der Waals surface area contributed by atoms with Gasteiger partial charge in [-0.25, -0.2) is 18.6 Å². The predicted octanol–water partition coefficient (Wildman–Crippen LogP) is 2.58. The Morgan fingerprint density at radius 1 is 1.15 bits per heavy atom. The third kappa shape index (κ3) is 8.66. The number of aliphatic hydroxyl groups is 2. The molecule has 3 aliphatic rings. The number of carbonyl (C=O) groups is 3. The summed E-state index contributed by atoms with van der Waals surface area (Å²) < 4.78 is 42.9. The molecule has 15 heteroatoms. The summed E-state index contributed by atoms with van der Waals surface area (Å²) in [7, 11) is 0. The number of nitrogens with zero attached hydrogens (tertiary/aromatic N) is 4. The summed E-state index contributed by atoms with van der Waals surface area (Å²) in [5, 5.41) is 26.5. The Hall–Kier alpha value is -4.70. The van der Waals surface area contributed by atoms with Gasteiger partial charge in [0.05, 0.1) is 11.7 Å². The van der Waals surface area contributed by atoms with Crippen LogP contribution in [0.25, 0.3) is 11.3 Å². The van der Waals surface area contributed by atoms with Gasteiger partial charge < -0.3 is 44.7 Å². The van der Waals surface area contributed by atoms with Crippen molar-refractivity contribution >= 4 is 17.9 Å². The molecule has 2 saturated heterocycles. The van der Waals surface area contributed by atoms with E-state index in [-0.39, 0.29) is 48.6 Å². The fourth-order valence-electron chi connectivity index (χ4n) is 7.09. The number of imidazole rings is 1. The van der Waals surface area contributed by atoms with Crippen LogP contribution in [0.3, 0.4) is 0 Å². The van der Waals surface area contributed by atoms with Gasteiger partial charge in [-0.15, -0.1) is 0 Å². The Labute approximate surface area is 300 Å². The first-order valence-electron chi connectivity index (χ1n) is 17.5. The molecule has 0 spiro atoms. The minimum absolute atomic E-state index is 0.0217. The molecular weight excluding hydrogens is 678 g/mol. The average molecular weight is 723 g/mol. The molecule has 52 heavy (non-hydrogen) atoms. The van der Waals surface area contributed by atoms with Gasteiger partial charge in [0.25, 0.3) is 5.91 Å². The van der Waals surface area contributed by atoms with E-state index in [1.807, 2.05) is 34.9 Å². The Kier molecular flexibility index (Phi) is 11.9. The van der Waals surface area contributed by atoms with Gasteiger partial charge in [-0.1, -0.05) is 30.3 Å². The van der Waals surface area contributed by atoms with Gasteiger partial charge >= 0.3 is 6.09 Å². The summed E-state index contributed by atoms with van der Waals surface area (Å²) in [5.74, 6) is -2.30. The molecule has 0 radical (unpaired) electrons. The number of amides is 3. The normalized spacial score (nSPS) is 21.7. The number of rotatable bonds is 13. The maximum absolute atomic E-state index is 15.2. The molecule has 0 saturated carbocycles. The van der Waals surface area contributed by atoms with E-state index in [4.69, 9.17) is 14.5 Å². The van der Waals surface area contributed by atoms with Crippen molar-refractivity contribution in [3.8, 4) is 11.3 Å². The van der Waals surface area contributed by atoms with E-state index in [9.17, 15) is 29.0 Å². The van der Waals surface area contributed by atoms with E-state index in [0.29, 0.717) is 51.5 Å². The van der Waals surface area contributed by atoms with E-state index < -0.39 is 48.1 Å². The first-order valence-corrected chi connectivity index (χ1v) is 17.5. The topological polar surface area (TPSA) is 158 Å². The van der Waals surface area contributed by atoms with Gasteiger partial charge in [0.15, 0.2) is 0 Å². The lowest BCUT2D eigenvalue weighted by molar-refractivity contribution is -0.145. The number of aromatic nitrogens is 2. The van der Waals surface area contributed by atoms with Crippen molar-refractivity contribution in [2.24, 2.45) is 11.8 Å². The minimum atomic E-state index is -1.38. The number of ether oxygens (including phenoxy) is 2. The van der Waals surface area contributed by atoms with Crippen molar-refractivity contribution in [2.75, 3.05) is 45.9 Å². The Morgan fingerprint density at radius 2 is 1.92 bits per heavy atom. The van der Waals surface area contributed by atoms with Crippen LogP contribution < -0.4 is 10.6 Å². The van der Waals surface area contributed by atoms with Crippen LogP contribution in [0.2, 0.25) is 0 Å². The SMILES string of the molecule is C[C@H](O)C(=O)N(C[C@@H]1CNC[C@H]1OC(=O)NCCN1C(=O)C=CC1O)[C@@H](c1nc(-c2cc(F)ccc2F)cn1Cc1ccccc1)C1CCOCC1. The van der Waals surface area contributed by atoms with E-state index in [0.717, 1.165) is 23.8 Å². The quantitative estimate of drug-likeness (QED) is 0.208. The van der Waals surface area contributed by atoms with Crippen molar-refractivity contribution in [1.82, 2.24) is 30.0 Å². The molecule has 1 aromatic heterocycles. The van der Waals surface area contributed by atoms with E-state index in [1.54, 1.807) is 11.1 Å². The zero-order valence-corrected chi connectivity index (χ0v) is 28.9. The van der Waals surface area contributed by atoms with E-state index in [2.05, 4.69) is 10.6 Å². The molecule has 4 N–H and O–H groups in total. The third-order valence-corrected chi connectivity index (χ3v) is 9.76. The fraction of sp³-hybridized carbons (Fsp3) is 0.459. The maximum atomic E-state index is 15.2. The number of halogens is 2. The Balaban J connectivity index is 1.30. The largest absolute Gasteiger partial charge is 0.444 e. The molecular formula is C37H44F2N6O7. The van der Waals surface area contributed by atoms with Gasteiger partial charge in [0.1, 0.15) is 35.9 Å². The van der Waals surface area contributed by atoms with Gasteiger partial charge in [0.2, 0.25) is 5.91 Å². The second kappa shape index (κ2) is 16.8. The maximum Gasteiger partial charge on any atom is 0.407 e. The molecule has 1 unspecified atom stereocenters. The molecule has 0 bridgehead atoms. The van der Waals surface area contributed by atoms with Crippen LogP contribution in [0.5, 0.6) is 0 Å². The molecule has 5 atom stereocenters. The molecule has 13 nitrogen and oxygen atoms in total. The molecule has 2 fully saturated rings. The van der Waals surface area contributed by atoms with Crippen LogP contribution in [0.4, 0.5) is 13.6 Å². The molecule has 6 rings (SSSR count). The molecule has 0 aliphatic carbocycles. The van der Waals surface area contributed by atoms with Crippen molar-refractivity contribution in [3.63, 3.8) is 0 Å². The lowest BCUT2D eigenvalue weighted by atomic mass is 9.88. The molecule has 3 amide bonds. The highest BCUT2D eigenvalue weighted by Crippen LogP contribution is 2.38. The summed E-state index contributed by atoms with van der Waals surface area (Å²) in [4.78, 5) is 46.6. The van der Waals surface area contributed by atoms with Gasteiger partial charge in [-0.3, -0.25) is 9.59 Å². The number of alkyl carbamates (subject to hydrolysis) is 1. The van der Waals surface area contributed by atoms with Crippen LogP contribution in [0, 0.1) is 23.5 Å². The summed E-state index contributed by atoms with van der Waals surface area (Å²) >= 11 is 0. The van der Waals surface area contributed by atoms with E-state index in [1.165, 1.54) is 24.0 Å². The van der Waals surface area contributed by atoms with Crippen molar-refractivity contribution in [2.45, 2.75) is 50.8 Å². The number of aliphatic hydroxyl groups excluding tert-OH is 2. The van der Waals surface area contributed by atoms with Crippen LogP contribution >= 0.6 is 0 Å². The zero-order valence-electron chi connectivity index (χ0n) is 28.9. The van der Waals surface area contributed by atoms with Crippen molar-refractivity contribution < 1.29 is 42.9 Å².